The Morgan fingerprint density at radius 2 is 2.50 bits per heavy atom. The Kier molecular flexibility index (Phi) is 3.24. The molecule has 1 aliphatic heterocycles. The Morgan fingerprint density at radius 1 is 1.69 bits per heavy atom. The van der Waals surface area contributed by atoms with Gasteiger partial charge in [0.05, 0.1) is 6.20 Å². The van der Waals surface area contributed by atoms with Crippen molar-refractivity contribution in [2.24, 2.45) is 0 Å². The first-order chi connectivity index (χ1) is 7.70. The van der Waals surface area contributed by atoms with Crippen molar-refractivity contribution in [2.45, 2.75) is 25.8 Å². The molecular weight excluding hydrogens is 206 g/mol. The maximum atomic E-state index is 12.1. The summed E-state index contributed by atoms with van der Waals surface area (Å²) < 4.78 is 4.98. The lowest BCUT2D eigenvalue weighted by Gasteiger charge is -2.31. The van der Waals surface area contributed by atoms with Gasteiger partial charge in [0, 0.05) is 25.2 Å². The normalized spacial score (nSPS) is 20.8. The maximum absolute atomic E-state index is 12.1. The topological polar surface area (TPSA) is 58.4 Å². The number of nitrogens with zero attached hydrogens (tertiary/aromatic N) is 2. The monoisotopic (exact) mass is 223 g/mol. The van der Waals surface area contributed by atoms with Crippen LogP contribution in [-0.2, 0) is 0 Å². The zero-order valence-electron chi connectivity index (χ0n) is 9.69. The Labute approximate surface area is 94.8 Å². The average molecular weight is 223 g/mol. The summed E-state index contributed by atoms with van der Waals surface area (Å²) in [4.78, 5) is 13.8. The molecule has 1 aromatic heterocycles. The molecule has 1 aliphatic rings. The second-order valence-corrected chi connectivity index (χ2v) is 4.25. The predicted molar refractivity (Wildman–Crippen MR) is 59.2 cm³/mol. The van der Waals surface area contributed by atoms with Crippen molar-refractivity contribution < 1.29 is 9.32 Å². The molecule has 0 spiro atoms. The van der Waals surface area contributed by atoms with Crippen molar-refractivity contribution in [1.29, 1.82) is 0 Å². The minimum Gasteiger partial charge on any atom is -0.351 e. The van der Waals surface area contributed by atoms with E-state index < -0.39 is 0 Å². The molecule has 1 amide bonds. The molecule has 0 bridgehead atoms. The SMILES string of the molecule is Cc1cnoc1C(=O)N(C)C1CCCNC1. The van der Waals surface area contributed by atoms with E-state index in [-0.39, 0.29) is 11.9 Å². The number of aromatic nitrogens is 1. The number of likely N-dealkylation sites (N-methyl/N-ethyl adjacent to an activating group) is 1. The number of nitrogens with one attached hydrogen (secondary N) is 1. The lowest BCUT2D eigenvalue weighted by Crippen LogP contribution is -2.46. The predicted octanol–water partition coefficient (Wildman–Crippen LogP) is 0.807. The first-order valence-corrected chi connectivity index (χ1v) is 5.59. The molecule has 2 heterocycles. The van der Waals surface area contributed by atoms with Crippen LogP contribution in [0.2, 0.25) is 0 Å². The van der Waals surface area contributed by atoms with Crippen molar-refractivity contribution in [3.63, 3.8) is 0 Å². The van der Waals surface area contributed by atoms with Gasteiger partial charge in [-0.2, -0.15) is 0 Å². The number of rotatable bonds is 2. The minimum atomic E-state index is -0.0799. The van der Waals surface area contributed by atoms with Crippen molar-refractivity contribution in [3.8, 4) is 0 Å². The number of amides is 1. The molecule has 88 valence electrons. The number of hydrogen-bond acceptors (Lipinski definition) is 4. The third-order valence-electron chi connectivity index (χ3n) is 3.08. The molecule has 5 heteroatoms. The quantitative estimate of drug-likeness (QED) is 0.806. The molecule has 5 nitrogen and oxygen atoms in total. The second kappa shape index (κ2) is 4.65. The molecule has 1 fully saturated rings. The number of hydrogen-bond donors (Lipinski definition) is 1. The van der Waals surface area contributed by atoms with Gasteiger partial charge in [-0.1, -0.05) is 5.16 Å². The van der Waals surface area contributed by atoms with Gasteiger partial charge in [-0.15, -0.1) is 0 Å². The highest BCUT2D eigenvalue weighted by Gasteiger charge is 2.26. The van der Waals surface area contributed by atoms with Crippen LogP contribution in [0.3, 0.4) is 0 Å². The van der Waals surface area contributed by atoms with Gasteiger partial charge in [-0.3, -0.25) is 4.79 Å². The Hall–Kier alpha value is -1.36. The van der Waals surface area contributed by atoms with Crippen LogP contribution in [-0.4, -0.2) is 42.1 Å². The third-order valence-corrected chi connectivity index (χ3v) is 3.08. The highest BCUT2D eigenvalue weighted by Crippen LogP contribution is 2.14. The Morgan fingerprint density at radius 3 is 3.06 bits per heavy atom. The molecule has 1 saturated heterocycles. The van der Waals surface area contributed by atoms with E-state index in [2.05, 4.69) is 10.5 Å². The van der Waals surface area contributed by atoms with Crippen LogP contribution in [0.25, 0.3) is 0 Å². The van der Waals surface area contributed by atoms with E-state index >= 15 is 0 Å². The number of aryl methyl sites for hydroxylation is 1. The number of carbonyl (C=O) groups is 1. The molecule has 16 heavy (non-hydrogen) atoms. The van der Waals surface area contributed by atoms with Crippen molar-refractivity contribution in [1.82, 2.24) is 15.4 Å². The van der Waals surface area contributed by atoms with Gasteiger partial charge in [-0.25, -0.2) is 0 Å². The van der Waals surface area contributed by atoms with Gasteiger partial charge in [0.25, 0.3) is 5.91 Å². The lowest BCUT2D eigenvalue weighted by molar-refractivity contribution is 0.0665. The molecule has 0 aromatic carbocycles. The van der Waals surface area contributed by atoms with E-state index in [1.165, 1.54) is 0 Å². The highest BCUT2D eigenvalue weighted by molar-refractivity contribution is 5.92. The molecule has 1 unspecified atom stereocenters. The lowest BCUT2D eigenvalue weighted by atomic mass is 10.1. The Balaban J connectivity index is 2.06. The minimum absolute atomic E-state index is 0.0799. The maximum Gasteiger partial charge on any atom is 0.292 e. The summed E-state index contributed by atoms with van der Waals surface area (Å²) in [6.45, 7) is 3.73. The fraction of sp³-hybridized carbons (Fsp3) is 0.636. The van der Waals surface area contributed by atoms with Crippen LogP contribution >= 0.6 is 0 Å². The summed E-state index contributed by atoms with van der Waals surface area (Å²) in [5, 5.41) is 6.92. The zero-order chi connectivity index (χ0) is 11.5. The average Bonchev–Trinajstić information content (AvgIpc) is 2.75. The molecule has 1 N–H and O–H groups in total. The van der Waals surface area contributed by atoms with Crippen LogP contribution in [0, 0.1) is 6.92 Å². The van der Waals surface area contributed by atoms with E-state index in [0.717, 1.165) is 31.5 Å². The van der Waals surface area contributed by atoms with Crippen LogP contribution in [0.5, 0.6) is 0 Å². The Bertz CT molecular complexity index is 369. The molecule has 2 rings (SSSR count). The standard InChI is InChI=1S/C11H17N3O2/c1-8-6-13-16-10(8)11(15)14(2)9-4-3-5-12-7-9/h6,9,12H,3-5,7H2,1-2H3. The van der Waals surface area contributed by atoms with E-state index in [1.807, 2.05) is 14.0 Å². The fourth-order valence-corrected chi connectivity index (χ4v) is 1.99. The van der Waals surface area contributed by atoms with Gasteiger partial charge in [0.2, 0.25) is 5.76 Å². The summed E-state index contributed by atoms with van der Waals surface area (Å²) in [5.74, 6) is 0.275. The second-order valence-electron chi connectivity index (χ2n) is 4.25. The van der Waals surface area contributed by atoms with Crippen LogP contribution < -0.4 is 5.32 Å². The highest BCUT2D eigenvalue weighted by atomic mass is 16.5. The van der Waals surface area contributed by atoms with Crippen molar-refractivity contribution in [2.75, 3.05) is 20.1 Å². The summed E-state index contributed by atoms with van der Waals surface area (Å²) in [6.07, 6.45) is 3.72. The molecule has 0 aliphatic carbocycles. The molecule has 0 saturated carbocycles. The summed E-state index contributed by atoms with van der Waals surface area (Å²) >= 11 is 0. The van der Waals surface area contributed by atoms with Gasteiger partial charge < -0.3 is 14.7 Å². The summed E-state index contributed by atoms with van der Waals surface area (Å²) in [7, 11) is 1.82. The molecule has 1 aromatic rings. The number of piperidine rings is 1. The van der Waals surface area contributed by atoms with E-state index in [9.17, 15) is 4.79 Å². The van der Waals surface area contributed by atoms with E-state index in [1.54, 1.807) is 11.1 Å². The smallest absolute Gasteiger partial charge is 0.292 e. The van der Waals surface area contributed by atoms with E-state index in [4.69, 9.17) is 4.52 Å². The zero-order valence-corrected chi connectivity index (χ0v) is 9.69. The van der Waals surface area contributed by atoms with E-state index in [0.29, 0.717) is 5.76 Å². The van der Waals surface area contributed by atoms with Gasteiger partial charge in [0.15, 0.2) is 0 Å². The summed E-state index contributed by atoms with van der Waals surface area (Å²) in [6, 6.07) is 0.255. The van der Waals surface area contributed by atoms with Crippen molar-refractivity contribution >= 4 is 5.91 Å². The molecule has 0 radical (unpaired) electrons. The van der Waals surface area contributed by atoms with Crippen LogP contribution in [0.4, 0.5) is 0 Å². The summed E-state index contributed by atoms with van der Waals surface area (Å²) in [5.41, 5.74) is 0.792. The van der Waals surface area contributed by atoms with Crippen LogP contribution in [0.1, 0.15) is 29.0 Å². The first kappa shape index (κ1) is 11.1. The van der Waals surface area contributed by atoms with Crippen LogP contribution in [0.15, 0.2) is 10.7 Å². The molecule has 1 atom stereocenters. The third kappa shape index (κ3) is 2.09. The van der Waals surface area contributed by atoms with Gasteiger partial charge in [-0.05, 0) is 26.3 Å². The number of carbonyl (C=O) groups excluding carboxylic acids is 1. The first-order valence-electron chi connectivity index (χ1n) is 5.59. The molecular formula is C11H17N3O2. The van der Waals surface area contributed by atoms with Gasteiger partial charge in [0.1, 0.15) is 0 Å². The largest absolute Gasteiger partial charge is 0.351 e. The van der Waals surface area contributed by atoms with Gasteiger partial charge >= 0.3 is 0 Å². The fourth-order valence-electron chi connectivity index (χ4n) is 1.99. The van der Waals surface area contributed by atoms with Crippen molar-refractivity contribution in [3.05, 3.63) is 17.5 Å².